The van der Waals surface area contributed by atoms with Crippen LogP contribution in [0.15, 0.2) is 72.9 Å². The predicted octanol–water partition coefficient (Wildman–Crippen LogP) is 5.89. The SMILES string of the molecule is CC(Oc1ccc(Oc2cnc3cc(F)ccc3n2)cc1)C(=O)N(C)c1ccc(OC(F)(F)F)cc1. The van der Waals surface area contributed by atoms with Gasteiger partial charge in [-0.3, -0.25) is 4.79 Å². The summed E-state index contributed by atoms with van der Waals surface area (Å²) in [7, 11) is 1.48. The monoisotopic (exact) mass is 501 g/mol. The number of likely N-dealkylation sites (N-methyl/N-ethyl adjacent to an activating group) is 1. The van der Waals surface area contributed by atoms with Gasteiger partial charge >= 0.3 is 6.36 Å². The number of ether oxygens (including phenoxy) is 3. The highest BCUT2D eigenvalue weighted by Gasteiger charge is 2.31. The standard InChI is InChI=1S/C25H19F4N3O4/c1-15(24(33)32(2)17-4-6-20(7-5-17)36-25(27,28)29)34-18-8-10-19(11-9-18)35-23-14-30-22-13-16(26)3-12-21(22)31-23/h3-15H,1-2H3. The summed E-state index contributed by atoms with van der Waals surface area (Å²) in [5, 5.41) is 0. The molecule has 1 atom stereocenters. The van der Waals surface area contributed by atoms with Gasteiger partial charge in [-0.25, -0.2) is 14.4 Å². The van der Waals surface area contributed by atoms with Crippen LogP contribution in [0.2, 0.25) is 0 Å². The molecule has 4 rings (SSSR count). The lowest BCUT2D eigenvalue weighted by Crippen LogP contribution is -2.38. The maximum Gasteiger partial charge on any atom is 0.573 e. The fourth-order valence-electron chi connectivity index (χ4n) is 3.25. The molecule has 0 fully saturated rings. The molecule has 4 aromatic rings. The van der Waals surface area contributed by atoms with Crippen molar-refractivity contribution in [1.82, 2.24) is 9.97 Å². The molecule has 0 N–H and O–H groups in total. The number of hydrogen-bond acceptors (Lipinski definition) is 6. The summed E-state index contributed by atoms with van der Waals surface area (Å²) in [4.78, 5) is 22.4. The molecule has 1 aromatic heterocycles. The Balaban J connectivity index is 1.35. The molecule has 0 aliphatic carbocycles. The van der Waals surface area contributed by atoms with Crippen molar-refractivity contribution < 1.29 is 36.6 Å². The quantitative estimate of drug-likeness (QED) is 0.294. The van der Waals surface area contributed by atoms with Crippen LogP contribution in [0.1, 0.15) is 6.92 Å². The topological polar surface area (TPSA) is 73.8 Å². The highest BCUT2D eigenvalue weighted by Crippen LogP contribution is 2.27. The van der Waals surface area contributed by atoms with Crippen LogP contribution in [0.4, 0.5) is 23.2 Å². The zero-order valence-corrected chi connectivity index (χ0v) is 19.0. The maximum absolute atomic E-state index is 13.3. The number of anilines is 1. The fraction of sp³-hybridized carbons (Fsp3) is 0.160. The predicted molar refractivity (Wildman–Crippen MR) is 123 cm³/mol. The van der Waals surface area contributed by atoms with Gasteiger partial charge in [0.15, 0.2) is 6.10 Å². The number of fused-ring (bicyclic) bond motifs is 1. The zero-order chi connectivity index (χ0) is 25.9. The number of amides is 1. The fourth-order valence-corrected chi connectivity index (χ4v) is 3.25. The van der Waals surface area contributed by atoms with Crippen molar-refractivity contribution in [2.45, 2.75) is 19.4 Å². The summed E-state index contributed by atoms with van der Waals surface area (Å²) < 4.78 is 65.4. The summed E-state index contributed by atoms with van der Waals surface area (Å²) in [6.07, 6.45) is -4.31. The van der Waals surface area contributed by atoms with E-state index in [1.807, 2.05) is 0 Å². The molecule has 0 radical (unpaired) electrons. The Hall–Kier alpha value is -4.41. The molecule has 11 heteroatoms. The van der Waals surface area contributed by atoms with Crippen LogP contribution in [-0.2, 0) is 4.79 Å². The maximum atomic E-state index is 13.3. The van der Waals surface area contributed by atoms with Gasteiger partial charge in [0.2, 0.25) is 5.88 Å². The molecular formula is C25H19F4N3O4. The average Bonchev–Trinajstić information content (AvgIpc) is 2.84. The van der Waals surface area contributed by atoms with E-state index in [9.17, 15) is 22.4 Å². The van der Waals surface area contributed by atoms with Crippen molar-refractivity contribution in [3.63, 3.8) is 0 Å². The van der Waals surface area contributed by atoms with E-state index in [1.54, 1.807) is 31.2 Å². The van der Waals surface area contributed by atoms with E-state index in [4.69, 9.17) is 9.47 Å². The number of aromatic nitrogens is 2. The lowest BCUT2D eigenvalue weighted by Gasteiger charge is -2.22. The highest BCUT2D eigenvalue weighted by atomic mass is 19.4. The van der Waals surface area contributed by atoms with Gasteiger partial charge in [-0.1, -0.05) is 0 Å². The molecule has 1 heterocycles. The van der Waals surface area contributed by atoms with Gasteiger partial charge in [0.05, 0.1) is 17.2 Å². The summed E-state index contributed by atoms with van der Waals surface area (Å²) in [5.74, 6) is -0.154. The number of carbonyl (C=O) groups excluding carboxylic acids is 1. The minimum absolute atomic E-state index is 0.222. The smallest absolute Gasteiger partial charge is 0.481 e. The van der Waals surface area contributed by atoms with Crippen LogP contribution in [0, 0.1) is 5.82 Å². The van der Waals surface area contributed by atoms with Gasteiger partial charge in [0, 0.05) is 18.8 Å². The van der Waals surface area contributed by atoms with Crippen LogP contribution < -0.4 is 19.1 Å². The van der Waals surface area contributed by atoms with Gasteiger partial charge in [0.1, 0.15) is 23.1 Å². The van der Waals surface area contributed by atoms with Crippen molar-refractivity contribution in [2.75, 3.05) is 11.9 Å². The van der Waals surface area contributed by atoms with Crippen molar-refractivity contribution in [3.8, 4) is 23.1 Å². The number of alkyl halides is 3. The molecule has 0 saturated carbocycles. The van der Waals surface area contributed by atoms with E-state index >= 15 is 0 Å². The molecule has 0 aliphatic rings. The Morgan fingerprint density at radius 2 is 1.56 bits per heavy atom. The van der Waals surface area contributed by atoms with Crippen LogP contribution in [0.25, 0.3) is 11.0 Å². The first-order valence-electron chi connectivity index (χ1n) is 10.6. The molecular weight excluding hydrogens is 482 g/mol. The molecule has 186 valence electrons. The molecule has 1 unspecified atom stereocenters. The summed E-state index contributed by atoms with van der Waals surface area (Å²) in [6, 6.07) is 15.4. The second-order valence-corrected chi connectivity index (χ2v) is 7.61. The number of hydrogen-bond donors (Lipinski definition) is 0. The molecule has 1 amide bonds. The van der Waals surface area contributed by atoms with Crippen molar-refractivity contribution in [2.24, 2.45) is 0 Å². The zero-order valence-electron chi connectivity index (χ0n) is 19.0. The second kappa shape index (κ2) is 10.1. The summed E-state index contributed by atoms with van der Waals surface area (Å²) >= 11 is 0. The van der Waals surface area contributed by atoms with Crippen LogP contribution in [-0.4, -0.2) is 35.4 Å². The summed E-state index contributed by atoms with van der Waals surface area (Å²) in [6.45, 7) is 1.55. The molecule has 0 spiro atoms. The normalized spacial score (nSPS) is 12.2. The van der Waals surface area contributed by atoms with Crippen LogP contribution >= 0.6 is 0 Å². The molecule has 0 aliphatic heterocycles. The number of benzene rings is 3. The molecule has 36 heavy (non-hydrogen) atoms. The Labute approximate surface area is 202 Å². The third-order valence-electron chi connectivity index (χ3n) is 4.98. The third kappa shape index (κ3) is 6.17. The van der Waals surface area contributed by atoms with E-state index < -0.39 is 24.2 Å². The second-order valence-electron chi connectivity index (χ2n) is 7.61. The van der Waals surface area contributed by atoms with Gasteiger partial charge in [-0.15, -0.1) is 13.2 Å². The number of rotatable bonds is 7. The largest absolute Gasteiger partial charge is 0.573 e. The van der Waals surface area contributed by atoms with Crippen LogP contribution in [0.3, 0.4) is 0 Å². The number of halogens is 4. The van der Waals surface area contributed by atoms with Gasteiger partial charge in [-0.2, -0.15) is 0 Å². The highest BCUT2D eigenvalue weighted by molar-refractivity contribution is 5.96. The Morgan fingerprint density at radius 3 is 2.22 bits per heavy atom. The van der Waals surface area contributed by atoms with Crippen LogP contribution in [0.5, 0.6) is 23.1 Å². The molecule has 0 saturated heterocycles. The van der Waals surface area contributed by atoms with E-state index in [1.165, 1.54) is 48.5 Å². The Kier molecular flexibility index (Phi) is 6.91. The van der Waals surface area contributed by atoms with Gasteiger partial charge in [-0.05, 0) is 67.6 Å². The van der Waals surface area contributed by atoms with E-state index in [0.717, 1.165) is 12.1 Å². The van der Waals surface area contributed by atoms with E-state index in [-0.39, 0.29) is 11.6 Å². The van der Waals surface area contributed by atoms with Gasteiger partial charge in [0.25, 0.3) is 5.91 Å². The number of carbonyl (C=O) groups is 1. The Bertz CT molecular complexity index is 1360. The van der Waals surface area contributed by atoms with Crippen molar-refractivity contribution in [3.05, 3.63) is 78.7 Å². The molecule has 3 aromatic carbocycles. The average molecular weight is 501 g/mol. The van der Waals surface area contributed by atoms with Crippen molar-refractivity contribution in [1.29, 1.82) is 0 Å². The van der Waals surface area contributed by atoms with E-state index in [0.29, 0.717) is 28.2 Å². The number of nitrogens with zero attached hydrogens (tertiary/aromatic N) is 3. The lowest BCUT2D eigenvalue weighted by molar-refractivity contribution is -0.274. The first-order valence-corrected chi connectivity index (χ1v) is 10.6. The first kappa shape index (κ1) is 24.7. The first-order chi connectivity index (χ1) is 17.1. The Morgan fingerprint density at radius 1 is 0.917 bits per heavy atom. The van der Waals surface area contributed by atoms with Gasteiger partial charge < -0.3 is 19.1 Å². The molecule has 7 nitrogen and oxygen atoms in total. The third-order valence-corrected chi connectivity index (χ3v) is 4.98. The lowest BCUT2D eigenvalue weighted by atomic mass is 10.2. The van der Waals surface area contributed by atoms with Crippen molar-refractivity contribution >= 4 is 22.6 Å². The summed E-state index contributed by atoms with van der Waals surface area (Å²) in [5.41, 5.74) is 1.25. The molecule has 0 bridgehead atoms. The minimum Gasteiger partial charge on any atom is -0.481 e. The minimum atomic E-state index is -4.80. The van der Waals surface area contributed by atoms with E-state index in [2.05, 4.69) is 14.7 Å².